The second-order valence-corrected chi connectivity index (χ2v) is 8.57. The summed E-state index contributed by atoms with van der Waals surface area (Å²) >= 11 is 0. The van der Waals surface area contributed by atoms with Gasteiger partial charge in [0.15, 0.2) is 0 Å². The number of amides is 2. The Labute approximate surface area is 183 Å². The summed E-state index contributed by atoms with van der Waals surface area (Å²) in [6, 6.07) is 7.69. The molecule has 168 valence electrons. The quantitative estimate of drug-likeness (QED) is 0.712. The lowest BCUT2D eigenvalue weighted by Gasteiger charge is -2.37. The summed E-state index contributed by atoms with van der Waals surface area (Å²) < 4.78 is 1.67. The molecule has 2 heterocycles. The molecule has 1 aliphatic heterocycles. The third-order valence-corrected chi connectivity index (χ3v) is 5.96. The average molecular weight is 427 g/mol. The molecule has 0 spiro atoms. The molecule has 0 bridgehead atoms. The highest BCUT2D eigenvalue weighted by atomic mass is 16.2. The lowest BCUT2D eigenvalue weighted by atomic mass is 10.0. The Morgan fingerprint density at radius 1 is 1.29 bits per heavy atom. The third kappa shape index (κ3) is 5.15. The van der Waals surface area contributed by atoms with Gasteiger partial charge in [0.1, 0.15) is 0 Å². The van der Waals surface area contributed by atoms with Gasteiger partial charge in [0.2, 0.25) is 5.91 Å². The van der Waals surface area contributed by atoms with Crippen molar-refractivity contribution in [2.24, 2.45) is 0 Å². The van der Waals surface area contributed by atoms with E-state index in [0.29, 0.717) is 30.6 Å². The molecule has 1 fully saturated rings. The molecule has 1 atom stereocenters. The van der Waals surface area contributed by atoms with Crippen LogP contribution in [0.3, 0.4) is 0 Å². The summed E-state index contributed by atoms with van der Waals surface area (Å²) in [5.74, 6) is -0.0565. The van der Waals surface area contributed by atoms with Crippen LogP contribution in [0.2, 0.25) is 0 Å². The predicted molar refractivity (Wildman–Crippen MR) is 123 cm³/mol. The summed E-state index contributed by atoms with van der Waals surface area (Å²) in [6.07, 6.45) is 2.45. The van der Waals surface area contributed by atoms with Crippen LogP contribution < -0.4 is 16.2 Å². The van der Waals surface area contributed by atoms with Crippen molar-refractivity contribution in [3.8, 4) is 0 Å². The first kappa shape index (κ1) is 23.0. The van der Waals surface area contributed by atoms with Crippen LogP contribution in [-0.2, 0) is 11.3 Å². The number of nitrogens with one attached hydrogen (secondary N) is 2. The Hall–Kier alpha value is -2.67. The van der Waals surface area contributed by atoms with Crippen LogP contribution in [0.5, 0.6) is 0 Å². The number of nitrogens with zero attached hydrogens (tertiary/aromatic N) is 2. The number of carbonyl (C=O) groups excluding carboxylic acids is 2. The molecule has 1 aliphatic rings. The van der Waals surface area contributed by atoms with E-state index in [2.05, 4.69) is 10.6 Å². The fourth-order valence-electron chi connectivity index (χ4n) is 4.35. The van der Waals surface area contributed by atoms with Gasteiger partial charge >= 0.3 is 0 Å². The summed E-state index contributed by atoms with van der Waals surface area (Å²) in [4.78, 5) is 39.9. The van der Waals surface area contributed by atoms with Crippen LogP contribution in [0, 0.1) is 6.92 Å². The molecule has 1 aromatic carbocycles. The van der Waals surface area contributed by atoms with Gasteiger partial charge in [0.05, 0.1) is 5.52 Å². The summed E-state index contributed by atoms with van der Waals surface area (Å²) in [7, 11) is 0. The second-order valence-electron chi connectivity index (χ2n) is 8.57. The Bertz CT molecular complexity index is 1010. The maximum Gasteiger partial charge on any atom is 0.254 e. The molecule has 2 N–H and O–H groups in total. The monoisotopic (exact) mass is 426 g/mol. The van der Waals surface area contributed by atoms with Crippen LogP contribution in [0.15, 0.2) is 29.1 Å². The number of hydrogen-bond acceptors (Lipinski definition) is 4. The number of benzene rings is 1. The molecule has 0 saturated carbocycles. The van der Waals surface area contributed by atoms with Crippen molar-refractivity contribution in [3.63, 3.8) is 0 Å². The SMILES string of the molecule is CCC(=O)NCCn1c(=O)c(C)cc2ccc(C(=O)N(C(C)C)[C@@H]3CCCNC3)cc21. The molecule has 3 rings (SSSR count). The van der Waals surface area contributed by atoms with E-state index in [1.807, 2.05) is 43.0 Å². The van der Waals surface area contributed by atoms with E-state index >= 15 is 0 Å². The van der Waals surface area contributed by atoms with Crippen molar-refractivity contribution >= 4 is 22.7 Å². The lowest BCUT2D eigenvalue weighted by molar-refractivity contribution is -0.120. The molecular weight excluding hydrogens is 392 g/mol. The van der Waals surface area contributed by atoms with Crippen molar-refractivity contribution < 1.29 is 9.59 Å². The fourth-order valence-corrected chi connectivity index (χ4v) is 4.35. The van der Waals surface area contributed by atoms with Gasteiger partial charge in [-0.25, -0.2) is 0 Å². The zero-order valence-electron chi connectivity index (χ0n) is 19.0. The first-order valence-corrected chi connectivity index (χ1v) is 11.3. The topological polar surface area (TPSA) is 83.4 Å². The van der Waals surface area contributed by atoms with Gasteiger partial charge in [0.25, 0.3) is 11.5 Å². The molecule has 0 aliphatic carbocycles. The smallest absolute Gasteiger partial charge is 0.254 e. The van der Waals surface area contributed by atoms with E-state index in [1.165, 1.54) is 0 Å². The second kappa shape index (κ2) is 10.1. The number of hydrogen-bond donors (Lipinski definition) is 2. The zero-order chi connectivity index (χ0) is 22.5. The van der Waals surface area contributed by atoms with E-state index in [0.717, 1.165) is 36.8 Å². The highest BCUT2D eigenvalue weighted by molar-refractivity contribution is 5.98. The van der Waals surface area contributed by atoms with E-state index in [1.54, 1.807) is 18.4 Å². The van der Waals surface area contributed by atoms with E-state index in [4.69, 9.17) is 0 Å². The van der Waals surface area contributed by atoms with E-state index in [9.17, 15) is 14.4 Å². The van der Waals surface area contributed by atoms with Crippen molar-refractivity contribution in [2.75, 3.05) is 19.6 Å². The highest BCUT2D eigenvalue weighted by Crippen LogP contribution is 2.21. The summed E-state index contributed by atoms with van der Waals surface area (Å²) in [5.41, 5.74) is 1.85. The lowest BCUT2D eigenvalue weighted by Crippen LogP contribution is -2.51. The van der Waals surface area contributed by atoms with Gasteiger partial charge in [-0.15, -0.1) is 0 Å². The predicted octanol–water partition coefficient (Wildman–Crippen LogP) is 2.44. The Balaban J connectivity index is 1.97. The molecule has 1 saturated heterocycles. The van der Waals surface area contributed by atoms with Crippen molar-refractivity contribution in [3.05, 3.63) is 45.7 Å². The number of aryl methyl sites for hydroxylation is 1. The van der Waals surface area contributed by atoms with Crippen LogP contribution >= 0.6 is 0 Å². The average Bonchev–Trinajstić information content (AvgIpc) is 2.76. The van der Waals surface area contributed by atoms with Gasteiger partial charge < -0.3 is 20.1 Å². The first-order chi connectivity index (χ1) is 14.8. The molecule has 0 unspecified atom stereocenters. The first-order valence-electron chi connectivity index (χ1n) is 11.3. The summed E-state index contributed by atoms with van der Waals surface area (Å²) in [6.45, 7) is 10.2. The van der Waals surface area contributed by atoms with Crippen LogP contribution in [0.4, 0.5) is 0 Å². The number of aromatic nitrogens is 1. The van der Waals surface area contributed by atoms with Crippen LogP contribution in [-0.4, -0.2) is 53.0 Å². The van der Waals surface area contributed by atoms with Crippen molar-refractivity contribution in [2.45, 2.75) is 65.6 Å². The molecule has 0 radical (unpaired) electrons. The van der Waals surface area contributed by atoms with E-state index in [-0.39, 0.29) is 29.5 Å². The third-order valence-electron chi connectivity index (χ3n) is 5.96. The maximum atomic E-state index is 13.5. The molecule has 31 heavy (non-hydrogen) atoms. The largest absolute Gasteiger partial charge is 0.354 e. The Morgan fingerprint density at radius 2 is 2.06 bits per heavy atom. The number of fused-ring (bicyclic) bond motifs is 1. The minimum absolute atomic E-state index is 0.00976. The normalized spacial score (nSPS) is 16.5. The van der Waals surface area contributed by atoms with Gasteiger partial charge in [-0.05, 0) is 63.7 Å². The Morgan fingerprint density at radius 3 is 2.71 bits per heavy atom. The van der Waals surface area contributed by atoms with Gasteiger partial charge in [0, 0.05) is 49.3 Å². The van der Waals surface area contributed by atoms with Gasteiger partial charge in [-0.1, -0.05) is 13.0 Å². The molecule has 2 amide bonds. The van der Waals surface area contributed by atoms with Gasteiger partial charge in [-0.3, -0.25) is 14.4 Å². The Kier molecular flexibility index (Phi) is 7.49. The maximum absolute atomic E-state index is 13.5. The van der Waals surface area contributed by atoms with Gasteiger partial charge in [-0.2, -0.15) is 0 Å². The van der Waals surface area contributed by atoms with Crippen LogP contribution in [0.25, 0.3) is 10.9 Å². The molecule has 1 aromatic heterocycles. The molecule has 7 heteroatoms. The zero-order valence-corrected chi connectivity index (χ0v) is 19.0. The number of pyridine rings is 1. The van der Waals surface area contributed by atoms with Crippen LogP contribution in [0.1, 0.15) is 56.0 Å². The van der Waals surface area contributed by atoms with Crippen molar-refractivity contribution in [1.82, 2.24) is 20.1 Å². The number of rotatable bonds is 7. The molecule has 2 aromatic rings. The standard InChI is InChI=1S/C24H34N4O3/c1-5-22(29)26-11-12-27-21-14-19(9-8-18(21)13-17(4)23(27)30)24(31)28(16(2)3)20-7-6-10-25-15-20/h8-9,13-14,16,20,25H,5-7,10-12,15H2,1-4H3,(H,26,29)/t20-/m1/s1. The number of carbonyl (C=O) groups is 2. The minimum Gasteiger partial charge on any atom is -0.354 e. The summed E-state index contributed by atoms with van der Waals surface area (Å²) in [5, 5.41) is 7.13. The fraction of sp³-hybridized carbons (Fsp3) is 0.542. The molecular formula is C24H34N4O3. The minimum atomic E-state index is -0.0972. The highest BCUT2D eigenvalue weighted by Gasteiger charge is 2.28. The van der Waals surface area contributed by atoms with E-state index < -0.39 is 0 Å². The van der Waals surface area contributed by atoms with Crippen molar-refractivity contribution in [1.29, 1.82) is 0 Å². The molecule has 7 nitrogen and oxygen atoms in total. The number of piperidine rings is 1.